The van der Waals surface area contributed by atoms with E-state index in [1.54, 1.807) is 0 Å². The highest BCUT2D eigenvalue weighted by Crippen LogP contribution is 2.23. The Kier molecular flexibility index (Phi) is 6.71. The predicted molar refractivity (Wildman–Crippen MR) is 95.0 cm³/mol. The first-order valence-electron chi connectivity index (χ1n) is 7.72. The number of para-hydroxylation sites is 1. The standard InChI is InChI=1S/C18H23ClN2O2/c1-13-15(19)9-5-10-16(13)21-12-6-11-17(22)18(20)23-14-7-3-2-4-8-14/h2-5,7-10,17-18,21-22H,6,11-12,20H2,1H3. The zero-order chi connectivity index (χ0) is 16.7. The van der Waals surface area contributed by atoms with Crippen molar-refractivity contribution >= 4 is 17.3 Å². The second kappa shape index (κ2) is 8.77. The van der Waals surface area contributed by atoms with Crippen molar-refractivity contribution in [2.75, 3.05) is 11.9 Å². The van der Waals surface area contributed by atoms with E-state index in [-0.39, 0.29) is 0 Å². The van der Waals surface area contributed by atoms with E-state index in [4.69, 9.17) is 22.1 Å². The fourth-order valence-electron chi connectivity index (χ4n) is 2.23. The van der Waals surface area contributed by atoms with Gasteiger partial charge in [-0.1, -0.05) is 35.9 Å². The van der Waals surface area contributed by atoms with Crippen LogP contribution in [0.5, 0.6) is 5.75 Å². The zero-order valence-corrected chi connectivity index (χ0v) is 14.0. The van der Waals surface area contributed by atoms with Gasteiger partial charge in [0, 0.05) is 17.3 Å². The smallest absolute Gasteiger partial charge is 0.173 e. The third kappa shape index (κ3) is 5.43. The van der Waals surface area contributed by atoms with E-state index in [0.29, 0.717) is 12.2 Å². The van der Waals surface area contributed by atoms with Crippen molar-refractivity contribution in [1.29, 1.82) is 0 Å². The molecule has 0 bridgehead atoms. The quantitative estimate of drug-likeness (QED) is 0.510. The van der Waals surface area contributed by atoms with Crippen LogP contribution in [-0.2, 0) is 0 Å². The number of hydrogen-bond acceptors (Lipinski definition) is 4. The molecule has 0 spiro atoms. The maximum atomic E-state index is 10.1. The van der Waals surface area contributed by atoms with Gasteiger partial charge in [-0.2, -0.15) is 0 Å². The molecule has 0 radical (unpaired) electrons. The lowest BCUT2D eigenvalue weighted by Gasteiger charge is -2.20. The molecule has 0 aliphatic rings. The first-order valence-corrected chi connectivity index (χ1v) is 8.10. The normalized spacial score (nSPS) is 13.4. The summed E-state index contributed by atoms with van der Waals surface area (Å²) in [5.41, 5.74) is 7.91. The summed E-state index contributed by atoms with van der Waals surface area (Å²) in [6.07, 6.45) is -0.109. The number of nitrogens with two attached hydrogens (primary N) is 1. The van der Waals surface area contributed by atoms with Crippen molar-refractivity contribution < 1.29 is 9.84 Å². The molecule has 0 aliphatic heterocycles. The molecule has 2 unspecified atom stereocenters. The number of benzene rings is 2. The van der Waals surface area contributed by atoms with Gasteiger partial charge in [-0.05, 0) is 49.6 Å². The van der Waals surface area contributed by atoms with E-state index in [1.807, 2.05) is 55.5 Å². The second-order valence-electron chi connectivity index (χ2n) is 5.44. The monoisotopic (exact) mass is 334 g/mol. The van der Waals surface area contributed by atoms with Crippen LogP contribution in [0.3, 0.4) is 0 Å². The average molecular weight is 335 g/mol. The Morgan fingerprint density at radius 3 is 2.65 bits per heavy atom. The largest absolute Gasteiger partial charge is 0.473 e. The molecule has 0 fully saturated rings. The van der Waals surface area contributed by atoms with Gasteiger partial charge in [-0.25, -0.2) is 0 Å². The van der Waals surface area contributed by atoms with Gasteiger partial charge in [0.1, 0.15) is 11.9 Å². The molecule has 0 heterocycles. The summed E-state index contributed by atoms with van der Waals surface area (Å²) in [6, 6.07) is 15.0. The summed E-state index contributed by atoms with van der Waals surface area (Å²) in [6.45, 7) is 2.71. The second-order valence-corrected chi connectivity index (χ2v) is 5.85. The Bertz CT molecular complexity index is 607. The lowest BCUT2D eigenvalue weighted by Crippen LogP contribution is -2.40. The van der Waals surface area contributed by atoms with Gasteiger partial charge in [0.05, 0.1) is 0 Å². The Morgan fingerprint density at radius 2 is 1.91 bits per heavy atom. The summed E-state index contributed by atoms with van der Waals surface area (Å²) in [4.78, 5) is 0. The van der Waals surface area contributed by atoms with Crippen LogP contribution in [-0.4, -0.2) is 24.0 Å². The molecule has 0 aliphatic carbocycles. The SMILES string of the molecule is Cc1c(Cl)cccc1NCCCC(O)C(N)Oc1ccccc1. The van der Waals surface area contributed by atoms with E-state index < -0.39 is 12.3 Å². The first kappa shape index (κ1) is 17.6. The highest BCUT2D eigenvalue weighted by Gasteiger charge is 2.16. The lowest BCUT2D eigenvalue weighted by atomic mass is 10.1. The lowest BCUT2D eigenvalue weighted by molar-refractivity contribution is 0.0340. The minimum atomic E-state index is -0.731. The topological polar surface area (TPSA) is 67.5 Å². The van der Waals surface area contributed by atoms with E-state index in [1.165, 1.54) is 0 Å². The summed E-state index contributed by atoms with van der Waals surface area (Å²) in [7, 11) is 0. The van der Waals surface area contributed by atoms with Crippen molar-refractivity contribution in [3.05, 3.63) is 59.1 Å². The molecule has 2 aromatic carbocycles. The zero-order valence-electron chi connectivity index (χ0n) is 13.2. The summed E-state index contributed by atoms with van der Waals surface area (Å²) in [5.74, 6) is 0.659. The van der Waals surface area contributed by atoms with E-state index in [2.05, 4.69) is 5.32 Å². The van der Waals surface area contributed by atoms with Gasteiger partial charge in [0.15, 0.2) is 6.23 Å². The fourth-order valence-corrected chi connectivity index (χ4v) is 2.41. The molecule has 0 saturated heterocycles. The third-order valence-corrected chi connectivity index (χ3v) is 4.06. The van der Waals surface area contributed by atoms with Gasteiger partial charge in [-0.15, -0.1) is 0 Å². The number of ether oxygens (including phenoxy) is 1. The van der Waals surface area contributed by atoms with Gasteiger partial charge < -0.3 is 15.2 Å². The average Bonchev–Trinajstić information content (AvgIpc) is 2.56. The Hall–Kier alpha value is -1.75. The van der Waals surface area contributed by atoms with Crippen molar-refractivity contribution in [2.24, 2.45) is 5.73 Å². The minimum Gasteiger partial charge on any atom is -0.473 e. The molecular weight excluding hydrogens is 312 g/mol. The van der Waals surface area contributed by atoms with Crippen LogP contribution in [0.1, 0.15) is 18.4 Å². The van der Waals surface area contributed by atoms with Crippen molar-refractivity contribution in [3.63, 3.8) is 0 Å². The molecule has 4 N–H and O–H groups in total. The molecule has 5 heteroatoms. The van der Waals surface area contributed by atoms with Crippen molar-refractivity contribution in [2.45, 2.75) is 32.1 Å². The van der Waals surface area contributed by atoms with Crippen LogP contribution in [0.4, 0.5) is 5.69 Å². The molecule has 0 saturated carbocycles. The summed E-state index contributed by atoms with van der Waals surface area (Å²) < 4.78 is 5.52. The number of rotatable bonds is 8. The minimum absolute atomic E-state index is 0.556. The highest BCUT2D eigenvalue weighted by molar-refractivity contribution is 6.31. The van der Waals surface area contributed by atoms with Crippen LogP contribution >= 0.6 is 11.6 Å². The molecule has 0 aromatic heterocycles. The van der Waals surface area contributed by atoms with E-state index in [9.17, 15) is 5.11 Å². The van der Waals surface area contributed by atoms with Crippen molar-refractivity contribution in [1.82, 2.24) is 0 Å². The van der Waals surface area contributed by atoms with Crippen molar-refractivity contribution in [3.8, 4) is 5.75 Å². The third-order valence-electron chi connectivity index (χ3n) is 3.65. The van der Waals surface area contributed by atoms with E-state index >= 15 is 0 Å². The predicted octanol–water partition coefficient (Wildman–Crippen LogP) is 3.57. The maximum Gasteiger partial charge on any atom is 0.173 e. The summed E-state index contributed by atoms with van der Waals surface area (Å²) >= 11 is 6.08. The van der Waals surface area contributed by atoms with Crippen LogP contribution in [0.15, 0.2) is 48.5 Å². The molecule has 2 atom stereocenters. The van der Waals surface area contributed by atoms with Crippen LogP contribution in [0.25, 0.3) is 0 Å². The fraction of sp³-hybridized carbons (Fsp3) is 0.333. The van der Waals surface area contributed by atoms with Crippen LogP contribution < -0.4 is 15.8 Å². The number of hydrogen-bond donors (Lipinski definition) is 3. The first-order chi connectivity index (χ1) is 11.1. The number of anilines is 1. The number of aliphatic hydroxyl groups excluding tert-OH is 1. The number of aliphatic hydroxyl groups is 1. The molecule has 2 rings (SSSR count). The Morgan fingerprint density at radius 1 is 1.17 bits per heavy atom. The molecule has 4 nitrogen and oxygen atoms in total. The molecule has 0 amide bonds. The highest BCUT2D eigenvalue weighted by atomic mass is 35.5. The summed E-state index contributed by atoms with van der Waals surface area (Å²) in [5, 5.41) is 14.1. The Balaban J connectivity index is 1.72. The van der Waals surface area contributed by atoms with Gasteiger partial charge in [-0.3, -0.25) is 5.73 Å². The van der Waals surface area contributed by atoms with Crippen LogP contribution in [0.2, 0.25) is 5.02 Å². The van der Waals surface area contributed by atoms with Crippen LogP contribution in [0, 0.1) is 6.92 Å². The van der Waals surface area contributed by atoms with Gasteiger partial charge >= 0.3 is 0 Å². The number of halogens is 1. The maximum absolute atomic E-state index is 10.1. The molecular formula is C18H23ClN2O2. The molecule has 23 heavy (non-hydrogen) atoms. The molecule has 2 aromatic rings. The number of nitrogens with one attached hydrogen (secondary N) is 1. The Labute approximate surface area is 142 Å². The van der Waals surface area contributed by atoms with Gasteiger partial charge in [0.25, 0.3) is 0 Å². The molecule has 124 valence electrons. The van der Waals surface area contributed by atoms with E-state index in [0.717, 1.165) is 29.2 Å². The van der Waals surface area contributed by atoms with Gasteiger partial charge in [0.2, 0.25) is 0 Å².